The number of rotatable bonds is 10. The van der Waals surface area contributed by atoms with E-state index in [4.69, 9.17) is 26.3 Å². The van der Waals surface area contributed by atoms with Gasteiger partial charge in [-0.05, 0) is 57.0 Å². The number of ether oxygens (including phenoxy) is 1. The second-order valence-corrected chi connectivity index (χ2v) is 12.8. The van der Waals surface area contributed by atoms with Gasteiger partial charge in [0.25, 0.3) is 0 Å². The number of hydrogen-bond donors (Lipinski definition) is 1. The molecule has 3 aromatic rings. The fourth-order valence-electron chi connectivity index (χ4n) is 6.71. The van der Waals surface area contributed by atoms with Gasteiger partial charge in [-0.25, -0.2) is 0 Å². The van der Waals surface area contributed by atoms with E-state index in [0.29, 0.717) is 45.2 Å². The predicted molar refractivity (Wildman–Crippen MR) is 171 cm³/mol. The third-order valence-electron chi connectivity index (χ3n) is 9.02. The monoisotopic (exact) mass is 601 g/mol. The van der Waals surface area contributed by atoms with Gasteiger partial charge in [-0.3, -0.25) is 4.90 Å². The van der Waals surface area contributed by atoms with Crippen LogP contribution in [0.15, 0.2) is 49.1 Å². The second-order valence-electron chi connectivity index (χ2n) is 12.4. The van der Waals surface area contributed by atoms with Gasteiger partial charge in [0.05, 0.1) is 36.4 Å². The molecule has 1 saturated carbocycles. The number of benzene rings is 2. The molecule has 1 aromatic heterocycles. The average Bonchev–Trinajstić information content (AvgIpc) is 3.77. The zero-order valence-corrected chi connectivity index (χ0v) is 25.8. The molecule has 9 nitrogen and oxygen atoms in total. The van der Waals surface area contributed by atoms with Crippen molar-refractivity contribution in [1.29, 1.82) is 5.26 Å². The SMILES string of the molecule is C=CC(O)N1CCN(c2nc(OCC3(CN(C)C)CC3)nc3c2CCN(c2cccc4cccc(Cl)c24)C3)CC1CC#N. The third-order valence-corrected chi connectivity index (χ3v) is 9.33. The average molecular weight is 602 g/mol. The number of aliphatic hydroxyl groups excluding tert-OH is 1. The minimum absolute atomic E-state index is 0.144. The summed E-state index contributed by atoms with van der Waals surface area (Å²) in [6.45, 7) is 8.58. The summed E-state index contributed by atoms with van der Waals surface area (Å²) in [5.74, 6) is 0.878. The maximum atomic E-state index is 10.5. The highest BCUT2D eigenvalue weighted by Crippen LogP contribution is 2.46. The molecule has 2 unspecified atom stereocenters. The Morgan fingerprint density at radius 3 is 2.70 bits per heavy atom. The molecule has 3 aliphatic rings. The van der Waals surface area contributed by atoms with E-state index in [1.54, 1.807) is 0 Å². The summed E-state index contributed by atoms with van der Waals surface area (Å²) in [7, 11) is 4.20. The summed E-state index contributed by atoms with van der Waals surface area (Å²) in [5, 5.41) is 23.0. The number of hydrogen-bond acceptors (Lipinski definition) is 9. The fraction of sp³-hybridized carbons (Fsp3) is 0.485. The summed E-state index contributed by atoms with van der Waals surface area (Å²) < 4.78 is 6.38. The second kappa shape index (κ2) is 12.3. The molecule has 10 heteroatoms. The van der Waals surface area contributed by atoms with Crippen LogP contribution in [0.1, 0.15) is 30.5 Å². The maximum Gasteiger partial charge on any atom is 0.318 e. The van der Waals surface area contributed by atoms with Crippen LogP contribution >= 0.6 is 11.6 Å². The lowest BCUT2D eigenvalue weighted by Gasteiger charge is -2.43. The smallest absolute Gasteiger partial charge is 0.318 e. The molecule has 6 rings (SSSR count). The van der Waals surface area contributed by atoms with Crippen molar-refractivity contribution in [1.82, 2.24) is 19.8 Å². The first-order valence-electron chi connectivity index (χ1n) is 15.1. The first-order valence-corrected chi connectivity index (χ1v) is 15.5. The molecule has 0 bridgehead atoms. The molecule has 226 valence electrons. The molecule has 1 aliphatic carbocycles. The van der Waals surface area contributed by atoms with Crippen molar-refractivity contribution in [2.75, 3.05) is 63.2 Å². The number of aliphatic hydroxyl groups is 1. The lowest BCUT2D eigenvalue weighted by atomic mass is 10.0. The summed E-state index contributed by atoms with van der Waals surface area (Å²) in [6, 6.07) is 14.9. The van der Waals surface area contributed by atoms with E-state index in [2.05, 4.69) is 65.7 Å². The van der Waals surface area contributed by atoms with Gasteiger partial charge in [0.1, 0.15) is 12.0 Å². The molecule has 0 radical (unpaired) electrons. The molecular weight excluding hydrogens is 562 g/mol. The van der Waals surface area contributed by atoms with E-state index in [9.17, 15) is 10.4 Å². The van der Waals surface area contributed by atoms with Gasteiger partial charge in [0, 0.05) is 60.8 Å². The topological polar surface area (TPSA) is 92.0 Å². The van der Waals surface area contributed by atoms with E-state index in [-0.39, 0.29) is 11.5 Å². The summed E-state index contributed by atoms with van der Waals surface area (Å²) in [5.41, 5.74) is 3.33. The molecule has 0 spiro atoms. The van der Waals surface area contributed by atoms with Crippen molar-refractivity contribution >= 4 is 33.9 Å². The van der Waals surface area contributed by atoms with Gasteiger partial charge in [-0.2, -0.15) is 15.2 Å². The van der Waals surface area contributed by atoms with Crippen LogP contribution in [-0.4, -0.2) is 90.6 Å². The number of fused-ring (bicyclic) bond motifs is 2. The zero-order chi connectivity index (χ0) is 30.1. The number of aromatic nitrogens is 2. The highest BCUT2D eigenvalue weighted by Gasteiger charge is 2.44. The van der Waals surface area contributed by atoms with Crippen molar-refractivity contribution in [3.8, 4) is 12.1 Å². The first-order chi connectivity index (χ1) is 20.8. The van der Waals surface area contributed by atoms with Crippen LogP contribution < -0.4 is 14.5 Å². The minimum Gasteiger partial charge on any atom is -0.463 e. The molecule has 43 heavy (non-hydrogen) atoms. The van der Waals surface area contributed by atoms with Crippen molar-refractivity contribution in [2.45, 2.75) is 44.5 Å². The molecule has 1 N–H and O–H groups in total. The number of anilines is 2. The van der Waals surface area contributed by atoms with E-state index in [0.717, 1.165) is 70.9 Å². The lowest BCUT2D eigenvalue weighted by molar-refractivity contribution is 0.00431. The molecule has 0 amide bonds. The van der Waals surface area contributed by atoms with E-state index >= 15 is 0 Å². The first kappa shape index (κ1) is 29.6. The number of nitriles is 1. The molecule has 2 aliphatic heterocycles. The van der Waals surface area contributed by atoms with Crippen LogP contribution in [-0.2, 0) is 13.0 Å². The predicted octanol–water partition coefficient (Wildman–Crippen LogP) is 4.48. The molecule has 3 heterocycles. The molecule has 2 atom stereocenters. The highest BCUT2D eigenvalue weighted by molar-refractivity contribution is 6.36. The molecule has 1 saturated heterocycles. The van der Waals surface area contributed by atoms with Crippen LogP contribution in [0.25, 0.3) is 10.8 Å². The van der Waals surface area contributed by atoms with Crippen molar-refractivity contribution < 1.29 is 9.84 Å². The van der Waals surface area contributed by atoms with Crippen LogP contribution in [0, 0.1) is 16.7 Å². The largest absolute Gasteiger partial charge is 0.463 e. The van der Waals surface area contributed by atoms with E-state index in [1.165, 1.54) is 6.08 Å². The Hall–Kier alpha value is -3.42. The van der Waals surface area contributed by atoms with Gasteiger partial charge in [0.15, 0.2) is 0 Å². The van der Waals surface area contributed by atoms with Crippen LogP contribution in [0.5, 0.6) is 6.01 Å². The van der Waals surface area contributed by atoms with Crippen molar-refractivity contribution in [3.63, 3.8) is 0 Å². The Kier molecular flexibility index (Phi) is 8.47. The molecular formula is C33H40ClN7O2. The standard InChI is InChI=1S/C33H40ClN7O2/c1-4-29(42)41-18-17-40(19-24(41)11-15-35)31-25-12-16-39(28-10-6-8-23-7-5-9-26(34)30(23)28)20-27(25)36-32(37-31)43-22-33(13-14-33)21-38(2)3/h4-10,24,29,42H,1,11-14,16-22H2,2-3H3. The van der Waals surface area contributed by atoms with Gasteiger partial charge in [-0.1, -0.05) is 42.4 Å². The Balaban J connectivity index is 1.34. The Morgan fingerprint density at radius 2 is 1.98 bits per heavy atom. The van der Waals surface area contributed by atoms with Crippen molar-refractivity contribution in [3.05, 3.63) is 65.3 Å². The van der Waals surface area contributed by atoms with Gasteiger partial charge in [0.2, 0.25) is 0 Å². The zero-order valence-electron chi connectivity index (χ0n) is 25.0. The summed E-state index contributed by atoms with van der Waals surface area (Å²) in [4.78, 5) is 18.8. The lowest BCUT2D eigenvalue weighted by Crippen LogP contribution is -2.56. The normalized spacial score (nSPS) is 20.5. The van der Waals surface area contributed by atoms with E-state index in [1.807, 2.05) is 17.0 Å². The minimum atomic E-state index is -0.786. The number of piperazine rings is 1. The number of halogens is 1. The summed E-state index contributed by atoms with van der Waals surface area (Å²) >= 11 is 6.71. The summed E-state index contributed by atoms with van der Waals surface area (Å²) in [6.07, 6.45) is 4.10. The van der Waals surface area contributed by atoms with Gasteiger partial charge in [-0.15, -0.1) is 0 Å². The Bertz CT molecular complexity index is 1530. The fourth-order valence-corrected chi connectivity index (χ4v) is 6.98. The highest BCUT2D eigenvalue weighted by atomic mass is 35.5. The molecule has 2 aromatic carbocycles. The van der Waals surface area contributed by atoms with Crippen LogP contribution in [0.4, 0.5) is 11.5 Å². The quantitative estimate of drug-likeness (QED) is 0.338. The molecule has 2 fully saturated rings. The third kappa shape index (κ3) is 6.16. The van der Waals surface area contributed by atoms with Gasteiger partial charge < -0.3 is 24.5 Å². The Morgan fingerprint density at radius 1 is 1.19 bits per heavy atom. The van der Waals surface area contributed by atoms with Crippen LogP contribution in [0.3, 0.4) is 0 Å². The Labute approximate surface area is 258 Å². The van der Waals surface area contributed by atoms with E-state index < -0.39 is 6.23 Å². The van der Waals surface area contributed by atoms with Crippen LogP contribution in [0.2, 0.25) is 5.02 Å². The number of nitrogens with zero attached hydrogens (tertiary/aromatic N) is 7. The van der Waals surface area contributed by atoms with Crippen molar-refractivity contribution in [2.24, 2.45) is 5.41 Å². The van der Waals surface area contributed by atoms with Gasteiger partial charge >= 0.3 is 6.01 Å². The maximum absolute atomic E-state index is 10.5.